The van der Waals surface area contributed by atoms with Crippen LogP contribution in [0, 0.1) is 0 Å². The molecule has 1 N–H and O–H groups in total. The van der Waals surface area contributed by atoms with Crippen molar-refractivity contribution in [3.05, 3.63) is 65.2 Å². The predicted octanol–water partition coefficient (Wildman–Crippen LogP) is 3.46. The maximum Gasteiger partial charge on any atom is 0.318 e. The number of nitrogens with one attached hydrogen (secondary N) is 1. The van der Waals surface area contributed by atoms with Crippen LogP contribution >= 0.6 is 0 Å². The van der Waals surface area contributed by atoms with Crippen molar-refractivity contribution < 1.29 is 14.3 Å². The first kappa shape index (κ1) is 20.3. The van der Waals surface area contributed by atoms with Crippen LogP contribution in [0.1, 0.15) is 41.3 Å². The van der Waals surface area contributed by atoms with Gasteiger partial charge in [-0.3, -0.25) is 4.79 Å². The van der Waals surface area contributed by atoms with Gasteiger partial charge in [0.25, 0.3) is 5.91 Å². The smallest absolute Gasteiger partial charge is 0.318 e. The van der Waals surface area contributed by atoms with Crippen molar-refractivity contribution in [1.29, 1.82) is 0 Å². The minimum atomic E-state index is -0.105. The largest absolute Gasteiger partial charge is 0.491 e. The van der Waals surface area contributed by atoms with Gasteiger partial charge in [0.05, 0.1) is 12.6 Å². The molecule has 3 amide bonds. The number of nitrogens with zero attached hydrogens (tertiary/aromatic N) is 2. The molecule has 0 spiro atoms. The Hall–Kier alpha value is -3.02. The summed E-state index contributed by atoms with van der Waals surface area (Å²) in [4.78, 5) is 29.3. The first-order valence-corrected chi connectivity index (χ1v) is 10.8. The fourth-order valence-electron chi connectivity index (χ4n) is 4.05. The Kier molecular flexibility index (Phi) is 6.21. The van der Waals surface area contributed by atoms with Gasteiger partial charge in [-0.2, -0.15) is 0 Å². The molecule has 0 unspecified atom stereocenters. The second-order valence-electron chi connectivity index (χ2n) is 8.08. The average molecular weight is 408 g/mol. The van der Waals surface area contributed by atoms with Crippen molar-refractivity contribution >= 4 is 11.9 Å². The molecule has 4 rings (SSSR count). The summed E-state index contributed by atoms with van der Waals surface area (Å²) < 4.78 is 5.93. The average Bonchev–Trinajstić information content (AvgIpc) is 3.25. The Labute approximate surface area is 177 Å². The molecule has 0 aliphatic carbocycles. The minimum absolute atomic E-state index is 0.0615. The van der Waals surface area contributed by atoms with Gasteiger partial charge >= 0.3 is 6.03 Å². The Balaban J connectivity index is 1.43. The number of carbonyl (C=O) groups is 2. The number of likely N-dealkylation sites (tertiary alicyclic amines) is 1. The van der Waals surface area contributed by atoms with Gasteiger partial charge in [0.1, 0.15) is 12.4 Å². The van der Waals surface area contributed by atoms with Crippen molar-refractivity contribution in [2.24, 2.45) is 0 Å². The highest BCUT2D eigenvalue weighted by molar-refractivity contribution is 5.94. The fraction of sp³-hybridized carbons (Fsp3) is 0.417. The number of urea groups is 1. The first-order chi connectivity index (χ1) is 14.6. The molecule has 0 aromatic heterocycles. The monoisotopic (exact) mass is 407 g/mol. The van der Waals surface area contributed by atoms with Crippen molar-refractivity contribution in [3.8, 4) is 5.75 Å². The van der Waals surface area contributed by atoms with Crippen molar-refractivity contribution in [2.45, 2.75) is 38.8 Å². The molecule has 1 saturated heterocycles. The van der Waals surface area contributed by atoms with Gasteiger partial charge in [0, 0.05) is 30.8 Å². The fourth-order valence-corrected chi connectivity index (χ4v) is 4.05. The van der Waals surface area contributed by atoms with E-state index in [0.717, 1.165) is 43.7 Å². The molecule has 0 radical (unpaired) electrons. The van der Waals surface area contributed by atoms with E-state index in [2.05, 4.69) is 17.4 Å². The van der Waals surface area contributed by atoms with Gasteiger partial charge in [-0.05, 0) is 49.9 Å². The van der Waals surface area contributed by atoms with Crippen molar-refractivity contribution in [2.75, 3.05) is 26.2 Å². The van der Waals surface area contributed by atoms with E-state index in [4.69, 9.17) is 4.74 Å². The van der Waals surface area contributed by atoms with E-state index < -0.39 is 0 Å². The Bertz CT molecular complexity index is 894. The lowest BCUT2D eigenvalue weighted by molar-refractivity contribution is 0.0792. The Morgan fingerprint density at radius 3 is 2.63 bits per heavy atom. The number of benzene rings is 2. The van der Waals surface area contributed by atoms with Crippen LogP contribution in [-0.4, -0.2) is 54.0 Å². The molecule has 0 saturated carbocycles. The van der Waals surface area contributed by atoms with Crippen LogP contribution in [0.25, 0.3) is 0 Å². The molecular weight excluding hydrogens is 378 g/mol. The molecule has 1 atom stereocenters. The first-order valence-electron chi connectivity index (χ1n) is 10.8. The number of fused-ring (bicyclic) bond motifs is 1. The molecule has 1 fully saturated rings. The topological polar surface area (TPSA) is 61.9 Å². The second kappa shape index (κ2) is 9.20. The third-order valence-corrected chi connectivity index (χ3v) is 5.85. The lowest BCUT2D eigenvalue weighted by atomic mass is 10.1. The molecule has 2 aliphatic rings. The molecule has 30 heavy (non-hydrogen) atoms. The van der Waals surface area contributed by atoms with E-state index in [1.807, 2.05) is 48.2 Å². The molecule has 6 nitrogen and oxygen atoms in total. The van der Waals surface area contributed by atoms with E-state index in [-0.39, 0.29) is 18.0 Å². The van der Waals surface area contributed by atoms with Crippen LogP contribution in [0.2, 0.25) is 0 Å². The summed E-state index contributed by atoms with van der Waals surface area (Å²) in [6, 6.07) is 15.5. The van der Waals surface area contributed by atoms with Gasteiger partial charge in [-0.1, -0.05) is 30.3 Å². The zero-order valence-electron chi connectivity index (χ0n) is 17.5. The summed E-state index contributed by atoms with van der Waals surface area (Å²) in [7, 11) is 0. The third kappa shape index (κ3) is 4.58. The van der Waals surface area contributed by atoms with Crippen LogP contribution in [0.3, 0.4) is 0 Å². The highest BCUT2D eigenvalue weighted by atomic mass is 16.5. The van der Waals surface area contributed by atoms with Gasteiger partial charge in [-0.25, -0.2) is 4.79 Å². The van der Waals surface area contributed by atoms with Crippen LogP contribution < -0.4 is 10.1 Å². The van der Waals surface area contributed by atoms with Crippen molar-refractivity contribution in [1.82, 2.24) is 15.1 Å². The molecule has 0 bridgehead atoms. The van der Waals surface area contributed by atoms with E-state index in [9.17, 15) is 9.59 Å². The lowest BCUT2D eigenvalue weighted by Crippen LogP contribution is -2.46. The SMILES string of the molecule is C[C@H]1COc2ccc(C(=O)N3CCCC3)cc2CN1C(=O)NCCc1ccccc1. The number of hydrogen-bond acceptors (Lipinski definition) is 3. The standard InChI is InChI=1S/C24H29N3O3/c1-18-17-30-22-10-9-20(23(28)26-13-5-6-14-26)15-21(22)16-27(18)24(29)25-12-11-19-7-3-2-4-8-19/h2-4,7-10,15,18H,5-6,11-14,16-17H2,1H3,(H,25,29)/t18-/m0/s1. The summed E-state index contributed by atoms with van der Waals surface area (Å²) in [6.45, 7) is 5.05. The normalized spacial score (nSPS) is 18.4. The van der Waals surface area contributed by atoms with Crippen LogP contribution in [-0.2, 0) is 13.0 Å². The van der Waals surface area contributed by atoms with Gasteiger partial charge in [0.2, 0.25) is 0 Å². The van der Waals surface area contributed by atoms with E-state index >= 15 is 0 Å². The maximum atomic E-state index is 12.9. The Morgan fingerprint density at radius 1 is 1.10 bits per heavy atom. The summed E-state index contributed by atoms with van der Waals surface area (Å²) in [5.41, 5.74) is 2.74. The number of rotatable bonds is 4. The number of amides is 3. The molecular formula is C24H29N3O3. The summed E-state index contributed by atoms with van der Waals surface area (Å²) in [5.74, 6) is 0.811. The molecule has 2 aliphatic heterocycles. The summed E-state index contributed by atoms with van der Waals surface area (Å²) in [6.07, 6.45) is 2.92. The van der Waals surface area contributed by atoms with Crippen LogP contribution in [0.4, 0.5) is 4.79 Å². The lowest BCUT2D eigenvalue weighted by Gasteiger charge is -2.26. The van der Waals surface area contributed by atoms with Gasteiger partial charge < -0.3 is 19.9 Å². The van der Waals surface area contributed by atoms with Crippen molar-refractivity contribution in [3.63, 3.8) is 0 Å². The number of carbonyl (C=O) groups excluding carboxylic acids is 2. The molecule has 158 valence electrons. The van der Waals surface area contributed by atoms with E-state index in [1.165, 1.54) is 5.56 Å². The predicted molar refractivity (Wildman–Crippen MR) is 116 cm³/mol. The Morgan fingerprint density at radius 2 is 1.87 bits per heavy atom. The molecule has 2 aromatic rings. The third-order valence-electron chi connectivity index (χ3n) is 5.85. The maximum absolute atomic E-state index is 12.9. The zero-order chi connectivity index (χ0) is 20.9. The second-order valence-corrected chi connectivity index (χ2v) is 8.08. The quantitative estimate of drug-likeness (QED) is 0.844. The zero-order valence-corrected chi connectivity index (χ0v) is 17.5. The highest BCUT2D eigenvalue weighted by Crippen LogP contribution is 2.27. The summed E-state index contributed by atoms with van der Waals surface area (Å²) in [5, 5.41) is 3.03. The molecule has 6 heteroatoms. The highest BCUT2D eigenvalue weighted by Gasteiger charge is 2.27. The van der Waals surface area contributed by atoms with E-state index in [1.54, 1.807) is 4.90 Å². The minimum Gasteiger partial charge on any atom is -0.491 e. The number of ether oxygens (including phenoxy) is 1. The van der Waals surface area contributed by atoms with Gasteiger partial charge in [-0.15, -0.1) is 0 Å². The summed E-state index contributed by atoms with van der Waals surface area (Å²) >= 11 is 0. The molecule has 2 aromatic carbocycles. The molecule has 2 heterocycles. The van der Waals surface area contributed by atoms with Crippen LogP contribution in [0.15, 0.2) is 48.5 Å². The van der Waals surface area contributed by atoms with E-state index in [0.29, 0.717) is 25.3 Å². The van der Waals surface area contributed by atoms with Gasteiger partial charge in [0.15, 0.2) is 0 Å². The number of hydrogen-bond donors (Lipinski definition) is 1. The van der Waals surface area contributed by atoms with Crippen LogP contribution in [0.5, 0.6) is 5.75 Å².